The fourth-order valence-corrected chi connectivity index (χ4v) is 4.30. The van der Waals surface area contributed by atoms with E-state index in [2.05, 4.69) is 9.97 Å². The van der Waals surface area contributed by atoms with E-state index >= 15 is 0 Å². The predicted octanol–water partition coefficient (Wildman–Crippen LogP) is 4.26. The molecule has 0 unspecified atom stereocenters. The molecule has 1 aromatic carbocycles. The molecule has 0 N–H and O–H groups in total. The van der Waals surface area contributed by atoms with E-state index in [9.17, 15) is 4.79 Å². The van der Waals surface area contributed by atoms with Crippen LogP contribution < -0.4 is 10.3 Å². The fraction of sp³-hybridized carbons (Fsp3) is 0.150. The van der Waals surface area contributed by atoms with Gasteiger partial charge < -0.3 is 4.74 Å². The van der Waals surface area contributed by atoms with E-state index in [1.807, 2.05) is 53.9 Å². The van der Waals surface area contributed by atoms with Gasteiger partial charge in [-0.2, -0.15) is 0 Å². The number of thiophene rings is 1. The van der Waals surface area contributed by atoms with E-state index in [1.54, 1.807) is 29.6 Å². The third-order valence-corrected chi connectivity index (χ3v) is 6.04. The number of thioether (sulfide) groups is 1. The molecule has 3 aromatic heterocycles. The molecule has 0 fully saturated rings. The van der Waals surface area contributed by atoms with Gasteiger partial charge in [-0.3, -0.25) is 14.3 Å². The van der Waals surface area contributed by atoms with Gasteiger partial charge in [0.05, 0.1) is 11.2 Å². The highest BCUT2D eigenvalue weighted by Crippen LogP contribution is 2.24. The zero-order valence-electron chi connectivity index (χ0n) is 14.7. The number of ether oxygens (including phenoxy) is 1. The first-order chi connectivity index (χ1) is 13.2. The summed E-state index contributed by atoms with van der Waals surface area (Å²) in [4.78, 5) is 21.2. The van der Waals surface area contributed by atoms with Gasteiger partial charge in [0.2, 0.25) is 0 Å². The van der Waals surface area contributed by atoms with Crippen molar-refractivity contribution in [2.45, 2.75) is 17.5 Å². The number of pyridine rings is 1. The van der Waals surface area contributed by atoms with Crippen LogP contribution in [-0.2, 0) is 19.4 Å². The molecule has 7 heteroatoms. The van der Waals surface area contributed by atoms with E-state index in [0.29, 0.717) is 11.3 Å². The second kappa shape index (κ2) is 7.94. The Morgan fingerprint density at radius 3 is 2.78 bits per heavy atom. The largest absolute Gasteiger partial charge is 0.487 e. The highest BCUT2D eigenvalue weighted by molar-refractivity contribution is 7.98. The smallest absolute Gasteiger partial charge is 0.271 e. The maximum absolute atomic E-state index is 12.4. The number of benzene rings is 1. The van der Waals surface area contributed by atoms with Gasteiger partial charge in [0.15, 0.2) is 5.16 Å². The lowest BCUT2D eigenvalue weighted by Crippen LogP contribution is -2.18. The zero-order chi connectivity index (χ0) is 18.6. The Morgan fingerprint density at radius 1 is 1.15 bits per heavy atom. The average molecular weight is 396 g/mol. The summed E-state index contributed by atoms with van der Waals surface area (Å²) in [5.41, 5.74) is 2.82. The van der Waals surface area contributed by atoms with Gasteiger partial charge in [0.1, 0.15) is 17.1 Å². The number of nitrogens with zero attached hydrogens (tertiary/aromatic N) is 3. The summed E-state index contributed by atoms with van der Waals surface area (Å²) in [5.74, 6) is 1.54. The topological polar surface area (TPSA) is 57.0 Å². The minimum Gasteiger partial charge on any atom is -0.487 e. The van der Waals surface area contributed by atoms with Crippen LogP contribution in [0, 0.1) is 0 Å². The minimum atomic E-state index is 0.00997. The molecule has 0 aliphatic carbocycles. The average Bonchev–Trinajstić information content (AvgIpc) is 3.18. The highest BCUT2D eigenvalue weighted by atomic mass is 32.2. The first-order valence-corrected chi connectivity index (χ1v) is 10.3. The summed E-state index contributed by atoms with van der Waals surface area (Å²) >= 11 is 2.99. The lowest BCUT2D eigenvalue weighted by atomic mass is 10.2. The van der Waals surface area contributed by atoms with Crippen LogP contribution in [0.4, 0.5) is 0 Å². The summed E-state index contributed by atoms with van der Waals surface area (Å²) < 4.78 is 8.08. The Balaban J connectivity index is 1.40. The third kappa shape index (κ3) is 4.04. The standard InChI is InChI=1S/C20H17N3O2S2/c1-23-19(24)18-17(9-11-26-18)22-20(23)27-13-14-5-7-16(8-6-14)25-12-15-4-2-3-10-21-15/h2-11H,12-13H2,1H3. The molecule has 0 amide bonds. The summed E-state index contributed by atoms with van der Waals surface area (Å²) in [6.45, 7) is 0.446. The van der Waals surface area contributed by atoms with Crippen molar-refractivity contribution in [1.29, 1.82) is 0 Å². The fourth-order valence-electron chi connectivity index (χ4n) is 2.57. The van der Waals surface area contributed by atoms with E-state index < -0.39 is 0 Å². The van der Waals surface area contributed by atoms with Crippen molar-refractivity contribution < 1.29 is 4.74 Å². The summed E-state index contributed by atoms with van der Waals surface area (Å²) in [6.07, 6.45) is 1.76. The monoisotopic (exact) mass is 395 g/mol. The van der Waals surface area contributed by atoms with Gasteiger partial charge in [-0.25, -0.2) is 4.98 Å². The van der Waals surface area contributed by atoms with Crippen LogP contribution in [0.3, 0.4) is 0 Å². The van der Waals surface area contributed by atoms with Crippen molar-refractivity contribution >= 4 is 33.3 Å². The quantitative estimate of drug-likeness (QED) is 0.361. The normalized spacial score (nSPS) is 11.0. The van der Waals surface area contributed by atoms with Crippen LogP contribution in [0.2, 0.25) is 0 Å². The molecule has 0 radical (unpaired) electrons. The maximum atomic E-state index is 12.4. The first kappa shape index (κ1) is 17.8. The number of aromatic nitrogens is 3. The van der Waals surface area contributed by atoms with E-state index in [4.69, 9.17) is 4.74 Å². The molecule has 0 atom stereocenters. The van der Waals surface area contributed by atoms with Gasteiger partial charge in [0.25, 0.3) is 5.56 Å². The molecule has 0 spiro atoms. The van der Waals surface area contributed by atoms with Crippen LogP contribution in [0.5, 0.6) is 5.75 Å². The SMILES string of the molecule is Cn1c(SCc2ccc(OCc3ccccn3)cc2)nc2ccsc2c1=O. The van der Waals surface area contributed by atoms with Gasteiger partial charge in [0, 0.05) is 19.0 Å². The van der Waals surface area contributed by atoms with Crippen molar-refractivity contribution in [3.8, 4) is 5.75 Å². The molecule has 0 aliphatic heterocycles. The van der Waals surface area contributed by atoms with Crippen molar-refractivity contribution in [2.75, 3.05) is 0 Å². The molecule has 4 aromatic rings. The number of hydrogen-bond donors (Lipinski definition) is 0. The Morgan fingerprint density at radius 2 is 2.00 bits per heavy atom. The van der Waals surface area contributed by atoms with Crippen molar-refractivity contribution in [2.24, 2.45) is 7.05 Å². The molecule has 0 saturated carbocycles. The maximum Gasteiger partial charge on any atom is 0.271 e. The van der Waals surface area contributed by atoms with E-state index in [0.717, 1.165) is 33.4 Å². The molecule has 0 saturated heterocycles. The zero-order valence-corrected chi connectivity index (χ0v) is 16.3. The molecule has 5 nitrogen and oxygen atoms in total. The number of fused-ring (bicyclic) bond motifs is 1. The first-order valence-electron chi connectivity index (χ1n) is 8.39. The lowest BCUT2D eigenvalue weighted by Gasteiger charge is -2.08. The van der Waals surface area contributed by atoms with Crippen LogP contribution in [0.25, 0.3) is 10.2 Å². The molecule has 0 aliphatic rings. The summed E-state index contributed by atoms with van der Waals surface area (Å²) in [6, 6.07) is 15.6. The van der Waals surface area contributed by atoms with Gasteiger partial charge >= 0.3 is 0 Å². The minimum absolute atomic E-state index is 0.00997. The summed E-state index contributed by atoms with van der Waals surface area (Å²) in [7, 11) is 1.77. The van der Waals surface area contributed by atoms with Crippen molar-refractivity contribution in [3.05, 3.63) is 81.7 Å². The Kier molecular flexibility index (Phi) is 5.22. The van der Waals surface area contributed by atoms with Crippen molar-refractivity contribution in [3.63, 3.8) is 0 Å². The molecule has 0 bridgehead atoms. The predicted molar refractivity (Wildman–Crippen MR) is 109 cm³/mol. The van der Waals surface area contributed by atoms with Gasteiger partial charge in [-0.15, -0.1) is 11.3 Å². The van der Waals surface area contributed by atoms with Gasteiger partial charge in [-0.05, 0) is 41.3 Å². The summed E-state index contributed by atoms with van der Waals surface area (Å²) in [5, 5.41) is 2.62. The van der Waals surface area contributed by atoms with E-state index in [-0.39, 0.29) is 5.56 Å². The second-order valence-corrected chi connectivity index (χ2v) is 7.79. The van der Waals surface area contributed by atoms with Crippen LogP contribution >= 0.6 is 23.1 Å². The molecular formula is C20H17N3O2S2. The van der Waals surface area contributed by atoms with Gasteiger partial charge in [-0.1, -0.05) is 30.0 Å². The molecule has 136 valence electrons. The third-order valence-electron chi connectivity index (χ3n) is 4.05. The Hall–Kier alpha value is -2.64. The Labute approximate surface area is 164 Å². The second-order valence-electron chi connectivity index (χ2n) is 5.94. The van der Waals surface area contributed by atoms with Crippen LogP contribution in [-0.4, -0.2) is 14.5 Å². The van der Waals surface area contributed by atoms with Crippen molar-refractivity contribution in [1.82, 2.24) is 14.5 Å². The lowest BCUT2D eigenvalue weighted by molar-refractivity contribution is 0.301. The molecule has 3 heterocycles. The molecule has 27 heavy (non-hydrogen) atoms. The number of rotatable bonds is 6. The highest BCUT2D eigenvalue weighted by Gasteiger charge is 2.10. The molecular weight excluding hydrogens is 378 g/mol. The number of hydrogen-bond acceptors (Lipinski definition) is 6. The van der Waals surface area contributed by atoms with E-state index in [1.165, 1.54) is 11.3 Å². The Bertz CT molecular complexity index is 1110. The molecule has 4 rings (SSSR count). The van der Waals surface area contributed by atoms with Crippen LogP contribution in [0.1, 0.15) is 11.3 Å². The van der Waals surface area contributed by atoms with Crippen LogP contribution in [0.15, 0.2) is 70.1 Å².